The highest BCUT2D eigenvalue weighted by Gasteiger charge is 2.42. The predicted octanol–water partition coefficient (Wildman–Crippen LogP) is 1.62. The van der Waals surface area contributed by atoms with Gasteiger partial charge in [-0.15, -0.1) is 0 Å². The first-order chi connectivity index (χ1) is 13.3. The Bertz CT molecular complexity index is 940. The van der Waals surface area contributed by atoms with E-state index in [9.17, 15) is 23.3 Å². The highest BCUT2D eigenvalue weighted by molar-refractivity contribution is 7.91. The largest absolute Gasteiger partial charge is 0.451 e. The first-order valence-electron chi connectivity index (χ1n) is 9.16. The molecule has 148 valence electrons. The van der Waals surface area contributed by atoms with Gasteiger partial charge in [0.25, 0.3) is 5.91 Å². The molecule has 1 aromatic rings. The molecule has 8 heteroatoms. The van der Waals surface area contributed by atoms with E-state index in [1.165, 1.54) is 6.08 Å². The number of benzene rings is 1. The standard InChI is InChI=1S/C20H22N2O5S/c1-14-2-4-15(5-3-14)10-16(11-21)20(24)27-12-19(23)22(17-6-7-17)18-8-9-28(25,26)13-18/h2-5,10,17-18H,6-9,12-13H2,1H3/b16-10+/t18-/m1/s1. The fourth-order valence-electron chi connectivity index (χ4n) is 3.30. The lowest BCUT2D eigenvalue weighted by atomic mass is 10.1. The maximum absolute atomic E-state index is 12.6. The number of nitrogens with zero attached hydrogens (tertiary/aromatic N) is 2. The molecule has 2 aliphatic rings. The lowest BCUT2D eigenvalue weighted by molar-refractivity contribution is -0.150. The SMILES string of the molecule is Cc1ccc(/C=C(\C#N)C(=O)OCC(=O)N(C2CC2)[C@@H]2CCS(=O)(=O)C2)cc1. The third kappa shape index (κ3) is 4.98. The number of ether oxygens (including phenoxy) is 1. The normalized spacial score (nSPS) is 21.0. The fraction of sp³-hybridized carbons (Fsp3) is 0.450. The Kier molecular flexibility index (Phi) is 5.84. The van der Waals surface area contributed by atoms with Crippen molar-refractivity contribution < 1.29 is 22.7 Å². The number of esters is 1. The molecule has 2 fully saturated rings. The van der Waals surface area contributed by atoms with Gasteiger partial charge in [-0.05, 0) is 37.8 Å². The van der Waals surface area contributed by atoms with E-state index >= 15 is 0 Å². The summed E-state index contributed by atoms with van der Waals surface area (Å²) in [5.74, 6) is -1.25. The maximum atomic E-state index is 12.6. The Labute approximate surface area is 164 Å². The van der Waals surface area contributed by atoms with Crippen LogP contribution in [-0.4, -0.2) is 55.4 Å². The number of carbonyl (C=O) groups is 2. The summed E-state index contributed by atoms with van der Waals surface area (Å²) in [6.45, 7) is 1.43. The Hall–Kier alpha value is -2.66. The Balaban J connectivity index is 1.63. The minimum Gasteiger partial charge on any atom is -0.451 e. The number of aryl methyl sites for hydroxylation is 1. The van der Waals surface area contributed by atoms with Crippen LogP contribution in [0.5, 0.6) is 0 Å². The minimum absolute atomic E-state index is 0.0167. The molecule has 28 heavy (non-hydrogen) atoms. The number of hydrogen-bond donors (Lipinski definition) is 0. The monoisotopic (exact) mass is 402 g/mol. The quantitative estimate of drug-likeness (QED) is 0.407. The molecule has 1 saturated carbocycles. The zero-order chi connectivity index (χ0) is 20.3. The second-order valence-corrected chi connectivity index (χ2v) is 9.47. The molecule has 3 rings (SSSR count). The van der Waals surface area contributed by atoms with Gasteiger partial charge in [-0.3, -0.25) is 4.79 Å². The van der Waals surface area contributed by atoms with Gasteiger partial charge in [-0.1, -0.05) is 29.8 Å². The lowest BCUT2D eigenvalue weighted by Gasteiger charge is -2.28. The van der Waals surface area contributed by atoms with Gasteiger partial charge in [0.1, 0.15) is 11.6 Å². The third-order valence-electron chi connectivity index (χ3n) is 4.89. The van der Waals surface area contributed by atoms with Crippen molar-refractivity contribution in [3.8, 4) is 6.07 Å². The van der Waals surface area contributed by atoms with Crippen molar-refractivity contribution in [3.63, 3.8) is 0 Å². The molecule has 0 N–H and O–H groups in total. The van der Waals surface area contributed by atoms with E-state index in [1.807, 2.05) is 19.1 Å². The summed E-state index contributed by atoms with van der Waals surface area (Å²) in [5.41, 5.74) is 1.54. The molecule has 1 aliphatic heterocycles. The van der Waals surface area contributed by atoms with Crippen molar-refractivity contribution in [1.29, 1.82) is 5.26 Å². The van der Waals surface area contributed by atoms with Gasteiger partial charge in [-0.2, -0.15) is 5.26 Å². The van der Waals surface area contributed by atoms with Crippen molar-refractivity contribution in [3.05, 3.63) is 41.0 Å². The molecule has 0 unspecified atom stereocenters. The highest BCUT2D eigenvalue weighted by Crippen LogP contribution is 2.32. The summed E-state index contributed by atoms with van der Waals surface area (Å²) >= 11 is 0. The summed E-state index contributed by atoms with van der Waals surface area (Å²) in [6, 6.07) is 8.74. The number of nitriles is 1. The molecule has 0 aromatic heterocycles. The van der Waals surface area contributed by atoms with Crippen molar-refractivity contribution >= 4 is 27.8 Å². The molecule has 1 aromatic carbocycles. The van der Waals surface area contributed by atoms with Crippen molar-refractivity contribution in [2.24, 2.45) is 0 Å². The summed E-state index contributed by atoms with van der Waals surface area (Å²) in [6.07, 6.45) is 3.48. The molecule has 0 spiro atoms. The van der Waals surface area contributed by atoms with Crippen LogP contribution in [0.4, 0.5) is 0 Å². The van der Waals surface area contributed by atoms with Crippen molar-refractivity contribution in [2.75, 3.05) is 18.1 Å². The lowest BCUT2D eigenvalue weighted by Crippen LogP contribution is -2.44. The van der Waals surface area contributed by atoms with E-state index in [0.29, 0.717) is 12.0 Å². The number of carbonyl (C=O) groups excluding carboxylic acids is 2. The minimum atomic E-state index is -3.12. The van der Waals surface area contributed by atoms with E-state index in [4.69, 9.17) is 4.74 Å². The smallest absolute Gasteiger partial charge is 0.349 e. The van der Waals surface area contributed by atoms with Gasteiger partial charge >= 0.3 is 5.97 Å². The topological polar surface area (TPSA) is 105 Å². The first-order valence-corrected chi connectivity index (χ1v) is 11.0. The van der Waals surface area contributed by atoms with Gasteiger partial charge in [0.15, 0.2) is 16.4 Å². The average Bonchev–Trinajstić information content (AvgIpc) is 3.42. The van der Waals surface area contributed by atoms with Crippen molar-refractivity contribution in [1.82, 2.24) is 4.90 Å². The molecule has 7 nitrogen and oxygen atoms in total. The summed E-state index contributed by atoms with van der Waals surface area (Å²) in [4.78, 5) is 26.4. The molecular weight excluding hydrogens is 380 g/mol. The van der Waals surface area contributed by atoms with E-state index in [-0.39, 0.29) is 29.2 Å². The van der Waals surface area contributed by atoms with Crippen LogP contribution < -0.4 is 0 Å². The second-order valence-electron chi connectivity index (χ2n) is 7.25. The molecule has 1 saturated heterocycles. The molecule has 1 amide bonds. The zero-order valence-electron chi connectivity index (χ0n) is 15.6. The predicted molar refractivity (Wildman–Crippen MR) is 103 cm³/mol. The van der Waals surface area contributed by atoms with E-state index in [1.54, 1.807) is 23.1 Å². The van der Waals surface area contributed by atoms with Gasteiger partial charge < -0.3 is 9.64 Å². The zero-order valence-corrected chi connectivity index (χ0v) is 16.4. The van der Waals surface area contributed by atoms with E-state index in [2.05, 4.69) is 0 Å². The molecule has 0 radical (unpaired) electrons. The second kappa shape index (κ2) is 8.15. The molecular formula is C20H22N2O5S. The Morgan fingerprint density at radius 1 is 1.21 bits per heavy atom. The number of hydrogen-bond acceptors (Lipinski definition) is 6. The Morgan fingerprint density at radius 2 is 1.89 bits per heavy atom. The van der Waals surface area contributed by atoms with Crippen LogP contribution in [0.15, 0.2) is 29.8 Å². The van der Waals surface area contributed by atoms with Gasteiger partial charge in [-0.25, -0.2) is 13.2 Å². The molecule has 0 bridgehead atoms. The van der Waals surface area contributed by atoms with Crippen LogP contribution in [0.1, 0.15) is 30.4 Å². The van der Waals surface area contributed by atoms with Crippen LogP contribution in [0.25, 0.3) is 6.08 Å². The van der Waals surface area contributed by atoms with E-state index < -0.39 is 28.3 Å². The molecule has 1 heterocycles. The average molecular weight is 402 g/mol. The molecule has 1 aliphatic carbocycles. The number of amides is 1. The van der Waals surface area contributed by atoms with Crippen LogP contribution in [0.2, 0.25) is 0 Å². The number of sulfone groups is 1. The molecule has 1 atom stereocenters. The van der Waals surface area contributed by atoms with Crippen molar-refractivity contribution in [2.45, 2.75) is 38.3 Å². The van der Waals surface area contributed by atoms with Crippen LogP contribution in [0.3, 0.4) is 0 Å². The van der Waals surface area contributed by atoms with Crippen LogP contribution in [-0.2, 0) is 24.2 Å². The van der Waals surface area contributed by atoms with Gasteiger partial charge in [0.05, 0.1) is 11.5 Å². The Morgan fingerprint density at radius 3 is 2.43 bits per heavy atom. The summed E-state index contributed by atoms with van der Waals surface area (Å²) in [7, 11) is -3.12. The third-order valence-corrected chi connectivity index (χ3v) is 6.64. The van der Waals surface area contributed by atoms with Gasteiger partial charge in [0, 0.05) is 12.1 Å². The van der Waals surface area contributed by atoms with Crippen LogP contribution >= 0.6 is 0 Å². The summed E-state index contributed by atoms with van der Waals surface area (Å²) in [5, 5.41) is 9.23. The fourth-order valence-corrected chi connectivity index (χ4v) is 5.01. The highest BCUT2D eigenvalue weighted by atomic mass is 32.2. The van der Waals surface area contributed by atoms with Crippen LogP contribution in [0, 0.1) is 18.3 Å². The van der Waals surface area contributed by atoms with Gasteiger partial charge in [0.2, 0.25) is 0 Å². The van der Waals surface area contributed by atoms with E-state index in [0.717, 1.165) is 18.4 Å². The number of rotatable bonds is 6. The summed E-state index contributed by atoms with van der Waals surface area (Å²) < 4.78 is 28.5. The first kappa shape index (κ1) is 20.1. The maximum Gasteiger partial charge on any atom is 0.349 e.